The fourth-order valence-electron chi connectivity index (χ4n) is 2.28. The molecule has 3 aromatic rings. The number of benzene rings is 1. The quantitative estimate of drug-likeness (QED) is 0.692. The minimum absolute atomic E-state index is 0.00401. The summed E-state index contributed by atoms with van der Waals surface area (Å²) in [7, 11) is 1.63. The van der Waals surface area contributed by atoms with Gasteiger partial charge in [-0.2, -0.15) is 0 Å². The standard InChI is InChI=1S/C16H15BrN2O2S/c1-3-12-7-13-15(22-12)18-9-19(16(13)20)8-10-6-11(21-2)4-5-14(10)17/h4-7,9H,3,8H2,1-2H3. The fraction of sp³-hybridized carbons (Fsp3) is 0.250. The minimum atomic E-state index is -0.00401. The van der Waals surface area contributed by atoms with Crippen molar-refractivity contribution in [1.82, 2.24) is 9.55 Å². The van der Waals surface area contributed by atoms with Crippen LogP contribution in [-0.4, -0.2) is 16.7 Å². The molecule has 0 saturated heterocycles. The first-order valence-corrected chi connectivity index (χ1v) is 8.53. The van der Waals surface area contributed by atoms with Crippen molar-refractivity contribution in [3.05, 3.63) is 55.9 Å². The summed E-state index contributed by atoms with van der Waals surface area (Å²) in [5.41, 5.74) is 0.976. The zero-order valence-corrected chi connectivity index (χ0v) is 14.7. The molecule has 0 fully saturated rings. The number of hydrogen-bond donors (Lipinski definition) is 0. The number of rotatable bonds is 4. The molecule has 3 rings (SSSR count). The molecule has 4 nitrogen and oxygen atoms in total. The molecule has 2 heterocycles. The Labute approximate surface area is 140 Å². The van der Waals surface area contributed by atoms with E-state index in [4.69, 9.17) is 4.74 Å². The molecule has 0 atom stereocenters. The van der Waals surface area contributed by atoms with Crippen molar-refractivity contribution in [2.45, 2.75) is 19.9 Å². The Hall–Kier alpha value is -1.66. The van der Waals surface area contributed by atoms with E-state index in [1.807, 2.05) is 24.3 Å². The van der Waals surface area contributed by atoms with Crippen molar-refractivity contribution in [2.75, 3.05) is 7.11 Å². The third-order valence-corrected chi connectivity index (χ3v) is 5.47. The van der Waals surface area contributed by atoms with Gasteiger partial charge in [0.2, 0.25) is 0 Å². The molecule has 0 saturated carbocycles. The van der Waals surface area contributed by atoms with Crippen LogP contribution >= 0.6 is 27.3 Å². The molecule has 0 spiro atoms. The molecule has 0 amide bonds. The number of halogens is 1. The number of aromatic nitrogens is 2. The normalized spacial score (nSPS) is 11.0. The molecule has 114 valence electrons. The summed E-state index contributed by atoms with van der Waals surface area (Å²) in [4.78, 5) is 19.0. The van der Waals surface area contributed by atoms with E-state index in [0.717, 1.165) is 27.0 Å². The number of ether oxygens (including phenoxy) is 1. The Morgan fingerprint density at radius 1 is 1.36 bits per heavy atom. The van der Waals surface area contributed by atoms with E-state index in [1.54, 1.807) is 29.3 Å². The maximum absolute atomic E-state index is 12.6. The molecule has 0 bridgehead atoms. The van der Waals surface area contributed by atoms with Gasteiger partial charge in [0.25, 0.3) is 5.56 Å². The monoisotopic (exact) mass is 378 g/mol. The van der Waals surface area contributed by atoms with Crippen molar-refractivity contribution >= 4 is 37.5 Å². The Morgan fingerprint density at radius 3 is 2.91 bits per heavy atom. The van der Waals surface area contributed by atoms with E-state index in [1.165, 1.54) is 4.88 Å². The van der Waals surface area contributed by atoms with E-state index >= 15 is 0 Å². The van der Waals surface area contributed by atoms with Gasteiger partial charge in [-0.25, -0.2) is 4.98 Å². The lowest BCUT2D eigenvalue weighted by Gasteiger charge is -2.09. The Balaban J connectivity index is 2.04. The third-order valence-electron chi connectivity index (χ3n) is 3.51. The van der Waals surface area contributed by atoms with Crippen LogP contribution in [-0.2, 0) is 13.0 Å². The van der Waals surface area contributed by atoms with Gasteiger partial charge in [-0.05, 0) is 36.2 Å². The topological polar surface area (TPSA) is 44.1 Å². The van der Waals surface area contributed by atoms with Crippen LogP contribution in [0.1, 0.15) is 17.4 Å². The molecule has 0 aliphatic heterocycles. The summed E-state index contributed by atoms with van der Waals surface area (Å²) in [5.74, 6) is 0.768. The highest BCUT2D eigenvalue weighted by Gasteiger charge is 2.10. The Morgan fingerprint density at radius 2 is 2.18 bits per heavy atom. The smallest absolute Gasteiger partial charge is 0.262 e. The summed E-state index contributed by atoms with van der Waals surface area (Å²) in [6.07, 6.45) is 2.54. The average molecular weight is 379 g/mol. The largest absolute Gasteiger partial charge is 0.497 e. The molecule has 0 unspecified atom stereocenters. The predicted octanol–water partition coefficient (Wildman–Crippen LogP) is 3.84. The number of aryl methyl sites for hydroxylation is 1. The molecule has 0 N–H and O–H groups in total. The number of fused-ring (bicyclic) bond motifs is 1. The second-order valence-electron chi connectivity index (χ2n) is 4.92. The zero-order chi connectivity index (χ0) is 15.7. The van der Waals surface area contributed by atoms with Gasteiger partial charge in [0.1, 0.15) is 10.6 Å². The third kappa shape index (κ3) is 2.80. The first-order chi connectivity index (χ1) is 10.6. The maximum atomic E-state index is 12.6. The van der Waals surface area contributed by atoms with Crippen LogP contribution in [0.4, 0.5) is 0 Å². The van der Waals surface area contributed by atoms with Crippen molar-refractivity contribution < 1.29 is 4.74 Å². The van der Waals surface area contributed by atoms with Gasteiger partial charge >= 0.3 is 0 Å². The lowest BCUT2D eigenvalue weighted by atomic mass is 10.2. The van der Waals surface area contributed by atoms with Crippen LogP contribution in [0.2, 0.25) is 0 Å². The lowest BCUT2D eigenvalue weighted by molar-refractivity contribution is 0.414. The summed E-state index contributed by atoms with van der Waals surface area (Å²) in [6, 6.07) is 7.67. The predicted molar refractivity (Wildman–Crippen MR) is 93.1 cm³/mol. The molecule has 6 heteroatoms. The molecule has 0 aliphatic carbocycles. The van der Waals surface area contributed by atoms with E-state index < -0.39 is 0 Å². The van der Waals surface area contributed by atoms with Crippen LogP contribution in [0.3, 0.4) is 0 Å². The highest BCUT2D eigenvalue weighted by Crippen LogP contribution is 2.24. The van der Waals surface area contributed by atoms with Gasteiger partial charge in [-0.3, -0.25) is 9.36 Å². The van der Waals surface area contributed by atoms with Crippen molar-refractivity contribution in [2.24, 2.45) is 0 Å². The highest BCUT2D eigenvalue weighted by molar-refractivity contribution is 9.10. The lowest BCUT2D eigenvalue weighted by Crippen LogP contribution is -2.20. The van der Waals surface area contributed by atoms with E-state index in [-0.39, 0.29) is 5.56 Å². The number of methoxy groups -OCH3 is 1. The average Bonchev–Trinajstić information content (AvgIpc) is 2.96. The van der Waals surface area contributed by atoms with Gasteiger partial charge in [-0.1, -0.05) is 22.9 Å². The van der Waals surface area contributed by atoms with Gasteiger partial charge in [-0.15, -0.1) is 11.3 Å². The molecule has 2 aromatic heterocycles. The van der Waals surface area contributed by atoms with Gasteiger partial charge in [0, 0.05) is 9.35 Å². The zero-order valence-electron chi connectivity index (χ0n) is 12.3. The first-order valence-electron chi connectivity index (χ1n) is 6.92. The first kappa shape index (κ1) is 15.2. The van der Waals surface area contributed by atoms with Crippen LogP contribution < -0.4 is 10.3 Å². The second kappa shape index (κ2) is 6.22. The van der Waals surface area contributed by atoms with E-state index in [2.05, 4.69) is 27.8 Å². The van der Waals surface area contributed by atoms with Crippen LogP contribution in [0, 0.1) is 0 Å². The van der Waals surface area contributed by atoms with Crippen molar-refractivity contribution in [3.8, 4) is 5.75 Å². The van der Waals surface area contributed by atoms with Gasteiger partial charge in [0.15, 0.2) is 0 Å². The Kier molecular flexibility index (Phi) is 4.31. The van der Waals surface area contributed by atoms with Crippen LogP contribution in [0.15, 0.2) is 39.9 Å². The Bertz CT molecular complexity index is 885. The maximum Gasteiger partial charge on any atom is 0.262 e. The fourth-order valence-corrected chi connectivity index (χ4v) is 3.58. The number of thiophene rings is 1. The molecule has 0 aliphatic rings. The molecular weight excluding hydrogens is 364 g/mol. The van der Waals surface area contributed by atoms with Gasteiger partial charge in [0.05, 0.1) is 25.4 Å². The minimum Gasteiger partial charge on any atom is -0.497 e. The molecule has 0 radical (unpaired) electrons. The number of hydrogen-bond acceptors (Lipinski definition) is 4. The summed E-state index contributed by atoms with van der Waals surface area (Å²) >= 11 is 5.10. The summed E-state index contributed by atoms with van der Waals surface area (Å²) in [6.45, 7) is 2.54. The number of nitrogens with zero attached hydrogens (tertiary/aromatic N) is 2. The second-order valence-corrected chi connectivity index (χ2v) is 6.89. The van der Waals surface area contributed by atoms with Crippen LogP contribution in [0.25, 0.3) is 10.2 Å². The molecular formula is C16H15BrN2O2S. The molecule has 22 heavy (non-hydrogen) atoms. The van der Waals surface area contributed by atoms with E-state index in [0.29, 0.717) is 11.9 Å². The summed E-state index contributed by atoms with van der Waals surface area (Å²) in [5, 5.41) is 0.698. The summed E-state index contributed by atoms with van der Waals surface area (Å²) < 4.78 is 7.82. The molecule has 1 aromatic carbocycles. The highest BCUT2D eigenvalue weighted by atomic mass is 79.9. The van der Waals surface area contributed by atoms with Crippen molar-refractivity contribution in [3.63, 3.8) is 0 Å². The van der Waals surface area contributed by atoms with E-state index in [9.17, 15) is 4.79 Å². The SMILES string of the molecule is CCc1cc2c(=O)n(Cc3cc(OC)ccc3Br)cnc2s1. The van der Waals surface area contributed by atoms with Crippen molar-refractivity contribution in [1.29, 1.82) is 0 Å². The van der Waals surface area contributed by atoms with Crippen LogP contribution in [0.5, 0.6) is 5.75 Å². The van der Waals surface area contributed by atoms with Gasteiger partial charge < -0.3 is 4.74 Å².